The van der Waals surface area contributed by atoms with Crippen LogP contribution in [-0.4, -0.2) is 43.9 Å². The van der Waals surface area contributed by atoms with Crippen molar-refractivity contribution in [3.63, 3.8) is 0 Å². The number of halogens is 1. The van der Waals surface area contributed by atoms with E-state index >= 15 is 0 Å². The zero-order valence-electron chi connectivity index (χ0n) is 14.4. The lowest BCUT2D eigenvalue weighted by atomic mass is 9.91. The summed E-state index contributed by atoms with van der Waals surface area (Å²) in [7, 11) is 0. The maximum Gasteiger partial charge on any atom is 0.254 e. The van der Waals surface area contributed by atoms with Crippen molar-refractivity contribution in [2.24, 2.45) is 5.92 Å². The van der Waals surface area contributed by atoms with Gasteiger partial charge in [-0.3, -0.25) is 4.79 Å². The van der Waals surface area contributed by atoms with Gasteiger partial charge in [0.25, 0.3) is 5.91 Å². The summed E-state index contributed by atoms with van der Waals surface area (Å²) in [6.07, 6.45) is 5.34. The van der Waals surface area contributed by atoms with Crippen LogP contribution in [0.3, 0.4) is 0 Å². The van der Waals surface area contributed by atoms with E-state index in [4.69, 9.17) is 0 Å². The lowest BCUT2D eigenvalue weighted by molar-refractivity contribution is 0.0668. The van der Waals surface area contributed by atoms with Crippen LogP contribution in [0.5, 0.6) is 0 Å². The van der Waals surface area contributed by atoms with Crippen LogP contribution in [0.4, 0.5) is 4.39 Å². The Bertz CT molecular complexity index is 925. The Kier molecular flexibility index (Phi) is 4.60. The van der Waals surface area contributed by atoms with Crippen molar-refractivity contribution in [1.82, 2.24) is 24.9 Å². The molecule has 1 aromatic carbocycles. The van der Waals surface area contributed by atoms with Crippen molar-refractivity contribution in [2.45, 2.75) is 25.7 Å². The van der Waals surface area contributed by atoms with Crippen LogP contribution in [0.15, 0.2) is 42.6 Å². The molecular formula is C19H20FN5O. The first-order chi connectivity index (χ1) is 12.7. The smallest absolute Gasteiger partial charge is 0.254 e. The molecule has 7 heteroatoms. The second-order valence-electron chi connectivity index (χ2n) is 6.79. The molecule has 0 unspecified atom stereocenters. The Balaban J connectivity index is 1.41. The summed E-state index contributed by atoms with van der Waals surface area (Å²) in [5, 5.41) is 11.3. The summed E-state index contributed by atoms with van der Waals surface area (Å²) in [4.78, 5) is 14.7. The highest BCUT2D eigenvalue weighted by atomic mass is 19.1. The minimum absolute atomic E-state index is 0.00564. The number of carbonyl (C=O) groups excluding carboxylic acids is 1. The number of aromatic nitrogens is 4. The molecule has 1 amide bonds. The Morgan fingerprint density at radius 3 is 3.04 bits per heavy atom. The predicted octanol–water partition coefficient (Wildman–Crippen LogP) is 2.75. The molecule has 0 aliphatic carbocycles. The maximum absolute atomic E-state index is 13.8. The lowest BCUT2D eigenvalue weighted by Gasteiger charge is -2.33. The Morgan fingerprint density at radius 2 is 2.15 bits per heavy atom. The van der Waals surface area contributed by atoms with E-state index in [1.807, 2.05) is 17.0 Å². The lowest BCUT2D eigenvalue weighted by Crippen LogP contribution is -2.40. The molecule has 4 rings (SSSR count). The van der Waals surface area contributed by atoms with Crippen LogP contribution in [0, 0.1) is 11.7 Å². The summed E-state index contributed by atoms with van der Waals surface area (Å²) in [5.41, 5.74) is 1.91. The molecule has 0 radical (unpaired) electrons. The van der Waals surface area contributed by atoms with Crippen molar-refractivity contribution in [3.05, 3.63) is 59.5 Å². The summed E-state index contributed by atoms with van der Waals surface area (Å²) in [5.74, 6) is 0.253. The number of benzene rings is 1. The van der Waals surface area contributed by atoms with Gasteiger partial charge in [0.1, 0.15) is 5.82 Å². The highest BCUT2D eigenvalue weighted by molar-refractivity contribution is 5.95. The fourth-order valence-corrected chi connectivity index (χ4v) is 3.60. The number of pyridine rings is 1. The van der Waals surface area contributed by atoms with E-state index < -0.39 is 0 Å². The maximum atomic E-state index is 13.8. The fraction of sp³-hybridized carbons (Fsp3) is 0.368. The summed E-state index contributed by atoms with van der Waals surface area (Å²) >= 11 is 0. The number of carbonyl (C=O) groups is 1. The number of aryl methyl sites for hydroxylation is 1. The number of piperidine rings is 1. The number of rotatable bonds is 4. The van der Waals surface area contributed by atoms with Crippen LogP contribution >= 0.6 is 0 Å². The van der Waals surface area contributed by atoms with Gasteiger partial charge in [-0.25, -0.2) is 8.91 Å². The van der Waals surface area contributed by atoms with Gasteiger partial charge in [-0.05, 0) is 65.8 Å². The van der Waals surface area contributed by atoms with E-state index in [1.165, 1.54) is 10.6 Å². The molecule has 0 saturated carbocycles. The van der Waals surface area contributed by atoms with Crippen molar-refractivity contribution in [2.75, 3.05) is 13.1 Å². The highest BCUT2D eigenvalue weighted by Gasteiger charge is 2.25. The molecule has 1 aliphatic rings. The average molecular weight is 353 g/mol. The van der Waals surface area contributed by atoms with Crippen LogP contribution in [0.2, 0.25) is 0 Å². The van der Waals surface area contributed by atoms with Gasteiger partial charge in [0.15, 0.2) is 5.65 Å². The van der Waals surface area contributed by atoms with Crippen LogP contribution in [-0.2, 0) is 6.42 Å². The second kappa shape index (κ2) is 7.19. The summed E-state index contributed by atoms with van der Waals surface area (Å²) < 4.78 is 15.3. The first-order valence-electron chi connectivity index (χ1n) is 8.91. The van der Waals surface area contributed by atoms with Crippen molar-refractivity contribution >= 4 is 11.6 Å². The first kappa shape index (κ1) is 16.6. The summed E-state index contributed by atoms with van der Waals surface area (Å²) in [6.45, 7) is 1.47. The van der Waals surface area contributed by atoms with Gasteiger partial charge in [-0.2, -0.15) is 0 Å². The van der Waals surface area contributed by atoms with Gasteiger partial charge in [0.05, 0.1) is 0 Å². The van der Waals surface area contributed by atoms with Gasteiger partial charge >= 0.3 is 0 Å². The Labute approximate surface area is 150 Å². The molecule has 0 bridgehead atoms. The van der Waals surface area contributed by atoms with Crippen LogP contribution in [0.1, 0.15) is 35.2 Å². The van der Waals surface area contributed by atoms with E-state index in [-0.39, 0.29) is 11.7 Å². The molecular weight excluding hydrogens is 333 g/mol. The van der Waals surface area contributed by atoms with Crippen LogP contribution in [0.25, 0.3) is 5.65 Å². The highest BCUT2D eigenvalue weighted by Crippen LogP contribution is 2.23. The second-order valence-corrected chi connectivity index (χ2v) is 6.79. The van der Waals surface area contributed by atoms with Crippen LogP contribution < -0.4 is 0 Å². The predicted molar refractivity (Wildman–Crippen MR) is 94.1 cm³/mol. The Morgan fingerprint density at radius 1 is 1.27 bits per heavy atom. The van der Waals surface area contributed by atoms with Crippen molar-refractivity contribution in [3.8, 4) is 0 Å². The third-order valence-corrected chi connectivity index (χ3v) is 5.03. The molecule has 1 atom stereocenters. The number of amides is 1. The van der Waals surface area contributed by atoms with E-state index in [0.29, 0.717) is 30.1 Å². The minimum Gasteiger partial charge on any atom is -0.338 e. The third-order valence-electron chi connectivity index (χ3n) is 5.03. The molecule has 1 fully saturated rings. The number of likely N-dealkylation sites (tertiary alicyclic amines) is 1. The van der Waals surface area contributed by atoms with Gasteiger partial charge in [-0.15, -0.1) is 5.10 Å². The molecule has 1 aliphatic heterocycles. The van der Waals surface area contributed by atoms with Gasteiger partial charge in [0.2, 0.25) is 0 Å². The monoisotopic (exact) mass is 353 g/mol. The quantitative estimate of drug-likeness (QED) is 0.723. The zero-order valence-corrected chi connectivity index (χ0v) is 14.4. The van der Waals surface area contributed by atoms with E-state index in [1.54, 1.807) is 24.4 Å². The normalized spacial score (nSPS) is 17.6. The zero-order chi connectivity index (χ0) is 17.9. The number of hydrogen-bond acceptors (Lipinski definition) is 4. The third kappa shape index (κ3) is 3.42. The number of tetrazole rings is 1. The molecule has 26 heavy (non-hydrogen) atoms. The van der Waals surface area contributed by atoms with Crippen molar-refractivity contribution in [1.29, 1.82) is 0 Å². The van der Waals surface area contributed by atoms with E-state index in [0.717, 1.165) is 31.4 Å². The molecule has 3 heterocycles. The Hall–Kier alpha value is -2.83. The first-order valence-corrected chi connectivity index (χ1v) is 8.91. The largest absolute Gasteiger partial charge is 0.338 e. The summed E-state index contributed by atoms with van der Waals surface area (Å²) in [6, 6.07) is 10.4. The fourth-order valence-electron chi connectivity index (χ4n) is 3.60. The molecule has 0 spiro atoms. The molecule has 2 aromatic heterocycles. The van der Waals surface area contributed by atoms with Crippen molar-refractivity contribution < 1.29 is 9.18 Å². The minimum atomic E-state index is -0.147. The van der Waals surface area contributed by atoms with Gasteiger partial charge in [0, 0.05) is 24.8 Å². The molecule has 3 aromatic rings. The SMILES string of the molecule is O=C(c1ccn2nnnc2c1)N1CCC[C@@H](CCc2ccccc2F)C1. The number of fused-ring (bicyclic) bond motifs is 1. The topological polar surface area (TPSA) is 63.4 Å². The molecule has 0 N–H and O–H groups in total. The molecule has 1 saturated heterocycles. The molecule has 134 valence electrons. The number of hydrogen-bond donors (Lipinski definition) is 0. The number of nitrogens with zero attached hydrogens (tertiary/aromatic N) is 5. The molecule has 6 nitrogen and oxygen atoms in total. The average Bonchev–Trinajstić information content (AvgIpc) is 3.15. The standard InChI is InChI=1S/C19H20FN5O/c20-17-6-2-1-5-15(17)8-7-14-4-3-10-24(13-14)19(26)16-9-11-25-18(12-16)21-22-23-25/h1-2,5-6,9,11-12,14H,3-4,7-8,10,13H2/t14-/m0/s1. The van der Waals surface area contributed by atoms with E-state index in [2.05, 4.69) is 15.5 Å². The van der Waals surface area contributed by atoms with Gasteiger partial charge < -0.3 is 4.90 Å². The van der Waals surface area contributed by atoms with Gasteiger partial charge in [-0.1, -0.05) is 18.2 Å². The van der Waals surface area contributed by atoms with E-state index in [9.17, 15) is 9.18 Å².